The molecule has 3 fully saturated rings. The van der Waals surface area contributed by atoms with Crippen LogP contribution in [-0.4, -0.2) is 73.0 Å². The Morgan fingerprint density at radius 1 is 1.29 bits per heavy atom. The van der Waals surface area contributed by atoms with Crippen LogP contribution in [0.1, 0.15) is 51.4 Å². The van der Waals surface area contributed by atoms with Crippen molar-refractivity contribution in [3.8, 4) is 0 Å². The number of allylic oxidation sites excluding steroid dienone is 1. The maximum Gasteiger partial charge on any atom is 0.334 e. The highest BCUT2D eigenvalue weighted by Crippen LogP contribution is 2.78. The third-order valence-corrected chi connectivity index (χ3v) is 10.2. The average Bonchev–Trinajstić information content (AvgIpc) is 3.17. The molecule has 1 heterocycles. The number of rotatable bonds is 4. The van der Waals surface area contributed by atoms with E-state index in [2.05, 4.69) is 21.3 Å². The number of methoxy groups -OCH3 is 1. The molecule has 188 valence electrons. The van der Waals surface area contributed by atoms with E-state index in [0.717, 1.165) is 50.6 Å². The Morgan fingerprint density at radius 3 is 2.71 bits per heavy atom. The Hall–Kier alpha value is -1.90. The number of nitrogens with one attached hydrogen (secondary N) is 1. The number of carboxylic acids is 1. The summed E-state index contributed by atoms with van der Waals surface area (Å²) in [5.74, 6) is 0.389. The van der Waals surface area contributed by atoms with Crippen LogP contribution in [0, 0.1) is 28.6 Å². The normalized spacial score (nSPS) is 43.8. The molecule has 8 heteroatoms. The summed E-state index contributed by atoms with van der Waals surface area (Å²) < 4.78 is 5.84. The maximum absolute atomic E-state index is 12.8. The lowest BCUT2D eigenvalue weighted by Gasteiger charge is -2.61. The summed E-state index contributed by atoms with van der Waals surface area (Å²) in [5, 5.41) is 26.2. The standard InChI is InChI=1S/C26H40N4O4/c1-28-13-18-10-11-30(23(27)29-2)15-25(18)17-9-8-16-6-4-5-7-20(34-3)26(33)14-24(16,25)19(12-17)21(26)22(31)32/h10-11,16-18,20,28,33H,4-9,12-15H2,1-3H3,(H2,27,29)(H,31,32)/t16-,17-,18-,20+,24+,25-,26-/m1/s1. The Bertz CT molecular complexity index is 947. The summed E-state index contributed by atoms with van der Waals surface area (Å²) >= 11 is 0. The van der Waals surface area contributed by atoms with Crippen molar-refractivity contribution in [2.45, 2.75) is 63.1 Å². The second kappa shape index (κ2) is 8.35. The number of hydrogen-bond acceptors (Lipinski definition) is 5. The second-order valence-electron chi connectivity index (χ2n) is 11.2. The van der Waals surface area contributed by atoms with E-state index in [1.807, 2.05) is 13.2 Å². The summed E-state index contributed by atoms with van der Waals surface area (Å²) in [4.78, 5) is 19.2. The lowest BCUT2D eigenvalue weighted by molar-refractivity contribution is -0.148. The molecule has 3 bridgehead atoms. The van der Waals surface area contributed by atoms with Crippen molar-refractivity contribution in [3.05, 3.63) is 23.4 Å². The molecule has 7 atom stereocenters. The summed E-state index contributed by atoms with van der Waals surface area (Å²) in [6, 6.07) is 0. The van der Waals surface area contributed by atoms with Crippen molar-refractivity contribution in [1.29, 1.82) is 0 Å². The van der Waals surface area contributed by atoms with Gasteiger partial charge < -0.3 is 30.9 Å². The van der Waals surface area contributed by atoms with Crippen LogP contribution in [-0.2, 0) is 9.53 Å². The summed E-state index contributed by atoms with van der Waals surface area (Å²) in [7, 11) is 5.30. The van der Waals surface area contributed by atoms with Crippen LogP contribution < -0.4 is 11.1 Å². The van der Waals surface area contributed by atoms with Gasteiger partial charge in [-0.05, 0) is 68.9 Å². The number of fused-ring (bicyclic) bond motifs is 1. The highest BCUT2D eigenvalue weighted by atomic mass is 16.5. The van der Waals surface area contributed by atoms with Gasteiger partial charge in [0.2, 0.25) is 0 Å². The molecule has 3 saturated carbocycles. The van der Waals surface area contributed by atoms with Gasteiger partial charge in [0.05, 0.1) is 11.7 Å². The molecule has 5 aliphatic rings. The largest absolute Gasteiger partial charge is 0.478 e. The van der Waals surface area contributed by atoms with Crippen LogP contribution in [0.3, 0.4) is 0 Å². The first-order chi connectivity index (χ1) is 16.3. The minimum atomic E-state index is -1.48. The number of aliphatic carboxylic acids is 1. The molecule has 34 heavy (non-hydrogen) atoms. The van der Waals surface area contributed by atoms with E-state index in [4.69, 9.17) is 10.5 Å². The molecule has 0 aromatic rings. The van der Waals surface area contributed by atoms with Gasteiger partial charge in [-0.15, -0.1) is 0 Å². The molecule has 8 nitrogen and oxygen atoms in total. The monoisotopic (exact) mass is 472 g/mol. The van der Waals surface area contributed by atoms with Crippen LogP contribution in [0.25, 0.3) is 0 Å². The molecule has 4 aliphatic carbocycles. The zero-order valence-corrected chi connectivity index (χ0v) is 20.7. The van der Waals surface area contributed by atoms with E-state index >= 15 is 0 Å². The number of nitrogens with two attached hydrogens (primary N) is 1. The minimum Gasteiger partial charge on any atom is -0.478 e. The number of ether oxygens (including phenoxy) is 1. The lowest BCUT2D eigenvalue weighted by Crippen LogP contribution is -2.63. The summed E-state index contributed by atoms with van der Waals surface area (Å²) in [5.41, 5.74) is 5.48. The molecule has 0 saturated heterocycles. The smallest absolute Gasteiger partial charge is 0.334 e. The Balaban J connectivity index is 1.79. The zero-order valence-electron chi connectivity index (χ0n) is 20.7. The highest BCUT2D eigenvalue weighted by Gasteiger charge is 2.76. The third kappa shape index (κ3) is 2.88. The zero-order chi connectivity index (χ0) is 24.3. The number of carbonyl (C=O) groups is 1. The Kier molecular flexibility index (Phi) is 5.85. The Morgan fingerprint density at radius 2 is 2.03 bits per heavy atom. The average molecular weight is 473 g/mol. The highest BCUT2D eigenvalue weighted by molar-refractivity contribution is 5.92. The predicted octanol–water partition coefficient (Wildman–Crippen LogP) is 2.10. The van der Waals surface area contributed by atoms with Crippen LogP contribution in [0.15, 0.2) is 28.4 Å². The van der Waals surface area contributed by atoms with Crippen LogP contribution in [0.5, 0.6) is 0 Å². The molecule has 1 aliphatic heterocycles. The van der Waals surface area contributed by atoms with Gasteiger partial charge in [0.15, 0.2) is 5.96 Å². The third-order valence-electron chi connectivity index (χ3n) is 10.2. The SMILES string of the molecule is CN=C(N)N1C=C[C@H](CNC)[C@@]2(C1)[C@@H]1CC[C@H]3CCCC[C@H](OC)[C@]4(O)C[C@@]32C(=C4C(=O)O)C1. The van der Waals surface area contributed by atoms with E-state index in [1.165, 1.54) is 0 Å². The lowest BCUT2D eigenvalue weighted by atomic mass is 9.45. The fraction of sp³-hybridized carbons (Fsp3) is 0.769. The first-order valence-corrected chi connectivity index (χ1v) is 12.8. The maximum atomic E-state index is 12.8. The van der Waals surface area contributed by atoms with E-state index in [-0.39, 0.29) is 16.9 Å². The van der Waals surface area contributed by atoms with Crippen molar-refractivity contribution in [1.82, 2.24) is 10.2 Å². The van der Waals surface area contributed by atoms with Crippen LogP contribution >= 0.6 is 0 Å². The van der Waals surface area contributed by atoms with Crippen LogP contribution in [0.2, 0.25) is 0 Å². The topological polar surface area (TPSA) is 120 Å². The van der Waals surface area contributed by atoms with Crippen molar-refractivity contribution in [2.75, 3.05) is 34.3 Å². The van der Waals surface area contributed by atoms with Crippen molar-refractivity contribution in [2.24, 2.45) is 39.3 Å². The van der Waals surface area contributed by atoms with E-state index in [1.54, 1.807) is 14.2 Å². The number of nitrogens with zero attached hydrogens (tertiary/aromatic N) is 2. The van der Waals surface area contributed by atoms with Crippen molar-refractivity contribution < 1.29 is 19.7 Å². The Labute approximate surface area is 202 Å². The van der Waals surface area contributed by atoms with Gasteiger partial charge in [0.25, 0.3) is 0 Å². The molecular formula is C26H40N4O4. The number of aliphatic imine (C=N–C) groups is 1. The van der Waals surface area contributed by atoms with Gasteiger partial charge in [-0.2, -0.15) is 0 Å². The molecule has 0 radical (unpaired) electrons. The van der Waals surface area contributed by atoms with Crippen molar-refractivity contribution in [3.63, 3.8) is 0 Å². The number of aliphatic hydroxyl groups is 1. The van der Waals surface area contributed by atoms with E-state index < -0.39 is 23.1 Å². The summed E-state index contributed by atoms with van der Waals surface area (Å²) in [6.45, 7) is 1.50. The van der Waals surface area contributed by atoms with E-state index in [9.17, 15) is 15.0 Å². The van der Waals surface area contributed by atoms with Gasteiger partial charge in [-0.25, -0.2) is 4.79 Å². The molecule has 0 aromatic heterocycles. The fourth-order valence-corrected chi connectivity index (χ4v) is 9.15. The van der Waals surface area contributed by atoms with E-state index in [0.29, 0.717) is 37.2 Å². The number of hydrogen-bond donors (Lipinski definition) is 4. The van der Waals surface area contributed by atoms with Gasteiger partial charge >= 0.3 is 5.97 Å². The molecule has 0 aromatic carbocycles. The molecular weight excluding hydrogens is 432 g/mol. The number of guanidine groups is 1. The minimum absolute atomic E-state index is 0.211. The van der Waals surface area contributed by atoms with Crippen LogP contribution in [0.4, 0.5) is 0 Å². The quantitative estimate of drug-likeness (QED) is 0.365. The van der Waals surface area contributed by atoms with Gasteiger partial charge in [0, 0.05) is 44.3 Å². The first kappa shape index (κ1) is 23.8. The van der Waals surface area contributed by atoms with Gasteiger partial charge in [-0.3, -0.25) is 4.99 Å². The molecule has 5 rings (SSSR count). The molecule has 2 spiro atoms. The molecule has 5 N–H and O–H groups in total. The fourth-order valence-electron chi connectivity index (χ4n) is 9.15. The first-order valence-electron chi connectivity index (χ1n) is 12.8. The molecule has 0 amide bonds. The van der Waals surface area contributed by atoms with Gasteiger partial charge in [-0.1, -0.05) is 18.9 Å². The molecule has 0 unspecified atom stereocenters. The predicted molar refractivity (Wildman–Crippen MR) is 130 cm³/mol. The van der Waals surface area contributed by atoms with Gasteiger partial charge in [0.1, 0.15) is 5.60 Å². The van der Waals surface area contributed by atoms with Crippen molar-refractivity contribution >= 4 is 11.9 Å². The second-order valence-corrected chi connectivity index (χ2v) is 11.2. The summed E-state index contributed by atoms with van der Waals surface area (Å²) in [6.07, 6.45) is 10.9. The number of carboxylic acid groups (broad SMARTS) is 1.